The molecule has 0 bridgehead atoms. The maximum atomic E-state index is 12.4. The first-order valence-electron chi connectivity index (χ1n) is 7.36. The van der Waals surface area contributed by atoms with Crippen molar-refractivity contribution in [3.8, 4) is 0 Å². The smallest absolute Gasteiger partial charge is 0.330 e. The summed E-state index contributed by atoms with van der Waals surface area (Å²) in [5, 5.41) is 2.22. The summed E-state index contributed by atoms with van der Waals surface area (Å²) < 4.78 is 4.78. The molecule has 0 radical (unpaired) electrons. The summed E-state index contributed by atoms with van der Waals surface area (Å²) in [7, 11) is 0. The summed E-state index contributed by atoms with van der Waals surface area (Å²) in [5.41, 5.74) is 0. The molecule has 116 valence electrons. The highest BCUT2D eigenvalue weighted by Crippen LogP contribution is 2.33. The van der Waals surface area contributed by atoms with Crippen molar-refractivity contribution in [1.82, 2.24) is 10.2 Å². The number of ether oxygens (including phenoxy) is 1. The molecular weight excluding hydrogens is 276 g/mol. The molecule has 1 saturated heterocycles. The molecule has 2 fully saturated rings. The van der Waals surface area contributed by atoms with Crippen LogP contribution in [0.4, 0.5) is 4.79 Å². The molecule has 1 aliphatic carbocycles. The third-order valence-corrected chi connectivity index (χ3v) is 4.01. The fraction of sp³-hybridized carbons (Fsp3) is 0.714. The van der Waals surface area contributed by atoms with Crippen LogP contribution in [-0.4, -0.2) is 41.9 Å². The van der Waals surface area contributed by atoms with E-state index in [1.807, 2.05) is 0 Å². The van der Waals surface area contributed by atoms with Gasteiger partial charge in [-0.25, -0.2) is 4.79 Å². The van der Waals surface area contributed by atoms with Crippen LogP contribution in [0.3, 0.4) is 0 Å². The lowest BCUT2D eigenvalue weighted by molar-refractivity contribution is -0.146. The molecule has 7 nitrogen and oxygen atoms in total. The van der Waals surface area contributed by atoms with E-state index in [0.29, 0.717) is 0 Å². The minimum Gasteiger partial charge on any atom is -0.466 e. The highest BCUT2D eigenvalue weighted by atomic mass is 16.5. The number of urea groups is 1. The number of hydrogen-bond donors (Lipinski definition) is 1. The predicted octanol–water partition coefficient (Wildman–Crippen LogP) is 0.824. The zero-order chi connectivity index (χ0) is 15.4. The van der Waals surface area contributed by atoms with Crippen LogP contribution in [0.2, 0.25) is 0 Å². The third-order valence-electron chi connectivity index (χ3n) is 4.01. The minimum absolute atomic E-state index is 0.00399. The summed E-state index contributed by atoms with van der Waals surface area (Å²) in [6.07, 6.45) is 3.59. The first-order valence-corrected chi connectivity index (χ1v) is 7.36. The van der Waals surface area contributed by atoms with Gasteiger partial charge >= 0.3 is 12.0 Å². The fourth-order valence-corrected chi connectivity index (χ4v) is 2.99. The van der Waals surface area contributed by atoms with Gasteiger partial charge in [-0.15, -0.1) is 0 Å². The molecule has 0 aromatic heterocycles. The van der Waals surface area contributed by atoms with Gasteiger partial charge in [0, 0.05) is 6.54 Å². The van der Waals surface area contributed by atoms with Gasteiger partial charge in [-0.2, -0.15) is 0 Å². The Labute approximate surface area is 123 Å². The van der Waals surface area contributed by atoms with Gasteiger partial charge in [0.1, 0.15) is 5.92 Å². The van der Waals surface area contributed by atoms with Crippen molar-refractivity contribution in [2.24, 2.45) is 11.8 Å². The Hall–Kier alpha value is -1.92. The largest absolute Gasteiger partial charge is 0.466 e. The van der Waals surface area contributed by atoms with E-state index >= 15 is 0 Å². The minimum atomic E-state index is -0.799. The van der Waals surface area contributed by atoms with Crippen LogP contribution in [0.15, 0.2) is 0 Å². The molecule has 1 heterocycles. The van der Waals surface area contributed by atoms with Crippen molar-refractivity contribution in [1.29, 1.82) is 0 Å². The number of nitrogens with one attached hydrogen (secondary N) is 1. The monoisotopic (exact) mass is 296 g/mol. The molecule has 1 unspecified atom stereocenters. The Balaban J connectivity index is 2.02. The van der Waals surface area contributed by atoms with Gasteiger partial charge in [0.05, 0.1) is 13.0 Å². The van der Waals surface area contributed by atoms with E-state index in [0.717, 1.165) is 30.6 Å². The SMILES string of the molecule is CCOC(=O)CCN1C(=O)NC(=O)C(C2CCCC2)C1=O. The zero-order valence-corrected chi connectivity index (χ0v) is 12.1. The summed E-state index contributed by atoms with van der Waals surface area (Å²) in [6, 6.07) is -0.747. The first-order chi connectivity index (χ1) is 10.0. The molecule has 0 aromatic carbocycles. The first kappa shape index (κ1) is 15.5. The van der Waals surface area contributed by atoms with Gasteiger partial charge in [0.2, 0.25) is 11.8 Å². The zero-order valence-electron chi connectivity index (χ0n) is 12.1. The van der Waals surface area contributed by atoms with E-state index in [4.69, 9.17) is 4.74 Å². The number of barbiturate groups is 1. The highest BCUT2D eigenvalue weighted by Gasteiger charge is 2.45. The lowest BCUT2D eigenvalue weighted by Gasteiger charge is -2.32. The van der Waals surface area contributed by atoms with Crippen LogP contribution in [-0.2, 0) is 19.1 Å². The van der Waals surface area contributed by atoms with Gasteiger partial charge in [0.15, 0.2) is 0 Å². The standard InChI is InChI=1S/C14H20N2O5/c1-2-21-10(17)7-8-16-13(19)11(9-5-3-4-6-9)12(18)15-14(16)20/h9,11H,2-8H2,1H3,(H,15,18,20). The van der Waals surface area contributed by atoms with Crippen molar-refractivity contribution in [3.05, 3.63) is 0 Å². The second kappa shape index (κ2) is 6.69. The Kier molecular flexibility index (Phi) is 4.93. The van der Waals surface area contributed by atoms with E-state index in [-0.39, 0.29) is 25.5 Å². The molecule has 21 heavy (non-hydrogen) atoms. The van der Waals surface area contributed by atoms with Gasteiger partial charge in [-0.1, -0.05) is 12.8 Å². The highest BCUT2D eigenvalue weighted by molar-refractivity contribution is 6.16. The Bertz CT molecular complexity index is 456. The van der Waals surface area contributed by atoms with Gasteiger partial charge in [-0.05, 0) is 25.7 Å². The summed E-state index contributed by atoms with van der Waals surface area (Å²) in [4.78, 5) is 48.4. The Morgan fingerprint density at radius 2 is 1.95 bits per heavy atom. The van der Waals surface area contributed by atoms with Crippen LogP contribution in [0.1, 0.15) is 39.0 Å². The maximum Gasteiger partial charge on any atom is 0.330 e. The molecule has 1 saturated carbocycles. The molecule has 2 rings (SSSR count). The normalized spacial score (nSPS) is 23.4. The van der Waals surface area contributed by atoms with Crippen molar-refractivity contribution in [2.75, 3.05) is 13.2 Å². The molecule has 0 spiro atoms. The van der Waals surface area contributed by atoms with E-state index in [2.05, 4.69) is 5.32 Å². The Morgan fingerprint density at radius 3 is 2.57 bits per heavy atom. The lowest BCUT2D eigenvalue weighted by atomic mass is 9.87. The average Bonchev–Trinajstić information content (AvgIpc) is 2.92. The van der Waals surface area contributed by atoms with Gasteiger partial charge in [-0.3, -0.25) is 24.6 Å². The van der Waals surface area contributed by atoms with E-state index < -0.39 is 29.7 Å². The number of rotatable bonds is 5. The number of carbonyl (C=O) groups is 4. The van der Waals surface area contributed by atoms with Gasteiger partial charge < -0.3 is 4.74 Å². The van der Waals surface area contributed by atoms with Gasteiger partial charge in [0.25, 0.3) is 0 Å². The predicted molar refractivity (Wildman–Crippen MR) is 71.9 cm³/mol. The van der Waals surface area contributed by atoms with Crippen LogP contribution < -0.4 is 5.32 Å². The topological polar surface area (TPSA) is 92.8 Å². The summed E-state index contributed by atoms with van der Waals surface area (Å²) in [6.45, 7) is 1.88. The average molecular weight is 296 g/mol. The lowest BCUT2D eigenvalue weighted by Crippen LogP contribution is -2.59. The van der Waals surface area contributed by atoms with Crippen LogP contribution in [0.5, 0.6) is 0 Å². The molecule has 7 heteroatoms. The molecule has 1 aliphatic heterocycles. The van der Waals surface area contributed by atoms with E-state index in [1.54, 1.807) is 6.92 Å². The molecule has 2 aliphatic rings. The number of hydrogen-bond acceptors (Lipinski definition) is 5. The van der Waals surface area contributed by atoms with E-state index in [9.17, 15) is 19.2 Å². The van der Waals surface area contributed by atoms with Crippen molar-refractivity contribution < 1.29 is 23.9 Å². The molecule has 4 amide bonds. The number of esters is 1. The summed E-state index contributed by atoms with van der Waals surface area (Å²) >= 11 is 0. The molecule has 0 aromatic rings. The van der Waals surface area contributed by atoms with Crippen molar-refractivity contribution in [2.45, 2.75) is 39.0 Å². The van der Waals surface area contributed by atoms with Crippen LogP contribution in [0.25, 0.3) is 0 Å². The molecule has 1 atom stereocenters. The molecular formula is C14H20N2O5. The van der Waals surface area contributed by atoms with Crippen LogP contribution in [0, 0.1) is 11.8 Å². The number of imide groups is 2. The second-order valence-corrected chi connectivity index (χ2v) is 5.36. The number of amides is 4. The van der Waals surface area contributed by atoms with Crippen LogP contribution >= 0.6 is 0 Å². The number of carbonyl (C=O) groups excluding carboxylic acids is 4. The number of nitrogens with zero attached hydrogens (tertiary/aromatic N) is 1. The quantitative estimate of drug-likeness (QED) is 0.599. The van der Waals surface area contributed by atoms with Crippen molar-refractivity contribution in [3.63, 3.8) is 0 Å². The third kappa shape index (κ3) is 3.40. The summed E-state index contributed by atoms with van der Waals surface area (Å²) in [5.74, 6) is -2.26. The maximum absolute atomic E-state index is 12.4. The Morgan fingerprint density at radius 1 is 1.29 bits per heavy atom. The van der Waals surface area contributed by atoms with Crippen molar-refractivity contribution >= 4 is 23.8 Å². The fourth-order valence-electron chi connectivity index (χ4n) is 2.99. The van der Waals surface area contributed by atoms with E-state index in [1.165, 1.54) is 0 Å². The second-order valence-electron chi connectivity index (χ2n) is 5.36. The molecule has 1 N–H and O–H groups in total.